The lowest BCUT2D eigenvalue weighted by Crippen LogP contribution is -2.51. The molecule has 2 fully saturated rings. The van der Waals surface area contributed by atoms with Crippen molar-refractivity contribution in [2.75, 3.05) is 6.61 Å². The molecule has 1 unspecified atom stereocenters. The van der Waals surface area contributed by atoms with E-state index in [1.165, 1.54) is 6.42 Å². The first-order valence-electron chi connectivity index (χ1n) is 9.19. The van der Waals surface area contributed by atoms with Gasteiger partial charge < -0.3 is 10.1 Å². The van der Waals surface area contributed by atoms with Crippen LogP contribution >= 0.6 is 0 Å². The number of nitrogens with one attached hydrogen (secondary N) is 2. The third-order valence-corrected chi connectivity index (χ3v) is 4.83. The molecule has 25 heavy (non-hydrogen) atoms. The molecule has 1 saturated carbocycles. The fourth-order valence-electron chi connectivity index (χ4n) is 3.39. The molecule has 1 amide bonds. The van der Waals surface area contributed by atoms with Crippen LogP contribution in [-0.2, 0) is 14.3 Å². The Morgan fingerprint density at radius 2 is 1.88 bits per heavy atom. The van der Waals surface area contributed by atoms with Gasteiger partial charge in [-0.25, -0.2) is 0 Å². The molecule has 2 aliphatic rings. The van der Waals surface area contributed by atoms with Crippen LogP contribution in [0, 0.1) is 0 Å². The summed E-state index contributed by atoms with van der Waals surface area (Å²) in [4.78, 5) is 24.5. The van der Waals surface area contributed by atoms with E-state index in [1.54, 1.807) is 0 Å². The minimum absolute atomic E-state index is 0.0706. The maximum absolute atomic E-state index is 12.8. The lowest BCUT2D eigenvalue weighted by atomic mass is 9.95. The molecule has 1 aliphatic heterocycles. The summed E-state index contributed by atoms with van der Waals surface area (Å²) in [6.45, 7) is 0.413. The zero-order valence-corrected chi connectivity index (χ0v) is 14.4. The fraction of sp³-hybridized carbons (Fsp3) is 0.500. The molecule has 2 atom stereocenters. The second-order valence-electron chi connectivity index (χ2n) is 6.77. The number of hydrogen-bond donors (Lipinski definition) is 2. The van der Waals surface area contributed by atoms with E-state index in [0.29, 0.717) is 13.0 Å². The number of amides is 1. The number of hydrogen-bond acceptors (Lipinski definition) is 4. The summed E-state index contributed by atoms with van der Waals surface area (Å²) in [7, 11) is 0. The van der Waals surface area contributed by atoms with Gasteiger partial charge >= 0.3 is 5.97 Å². The van der Waals surface area contributed by atoms with Crippen LogP contribution in [0.5, 0.6) is 0 Å². The van der Waals surface area contributed by atoms with Gasteiger partial charge in [-0.2, -0.15) is 0 Å². The molecule has 0 aromatic heterocycles. The van der Waals surface area contributed by atoms with E-state index in [-0.39, 0.29) is 17.9 Å². The molecule has 5 heteroatoms. The first-order valence-corrected chi connectivity index (χ1v) is 9.19. The van der Waals surface area contributed by atoms with Gasteiger partial charge in [0.2, 0.25) is 5.91 Å². The number of carbonyl (C=O) groups is 2. The Hall–Kier alpha value is -2.14. The van der Waals surface area contributed by atoms with Gasteiger partial charge in [-0.05, 0) is 18.4 Å². The maximum atomic E-state index is 12.8. The third kappa shape index (κ3) is 5.16. The summed E-state index contributed by atoms with van der Waals surface area (Å²) >= 11 is 0. The van der Waals surface area contributed by atoms with Crippen molar-refractivity contribution in [3.8, 4) is 0 Å². The van der Waals surface area contributed by atoms with Crippen molar-refractivity contribution in [1.82, 2.24) is 10.6 Å². The second-order valence-corrected chi connectivity index (χ2v) is 6.77. The second kappa shape index (κ2) is 8.81. The average Bonchev–Trinajstić information content (AvgIpc) is 3.05. The topological polar surface area (TPSA) is 67.4 Å². The highest BCUT2D eigenvalue weighted by Gasteiger charge is 2.31. The van der Waals surface area contributed by atoms with Crippen LogP contribution in [-0.4, -0.2) is 36.6 Å². The number of rotatable bonds is 6. The third-order valence-electron chi connectivity index (χ3n) is 4.83. The van der Waals surface area contributed by atoms with Crippen molar-refractivity contribution in [2.45, 2.75) is 56.7 Å². The molecule has 1 saturated heterocycles. The van der Waals surface area contributed by atoms with E-state index in [9.17, 15) is 9.59 Å². The zero-order valence-electron chi connectivity index (χ0n) is 14.4. The van der Waals surface area contributed by atoms with Crippen molar-refractivity contribution in [3.63, 3.8) is 0 Å². The maximum Gasteiger partial charge on any atom is 0.323 e. The number of carbonyl (C=O) groups excluding carboxylic acids is 2. The van der Waals surface area contributed by atoms with E-state index in [4.69, 9.17) is 4.74 Å². The van der Waals surface area contributed by atoms with Gasteiger partial charge in [-0.15, -0.1) is 0 Å². The standard InChI is InChI=1S/C20H26N2O3/c23-19(21-16-9-5-2-6-10-16)17(22-18-13-14-25-20(18)24)12-11-15-7-3-1-4-8-15/h1,3-4,7-8,11-12,16-18,22H,2,5-6,9-10,13-14H2,(H,21,23)/b12-11+/t17?,18-/m0/s1. The van der Waals surface area contributed by atoms with Gasteiger partial charge in [-0.3, -0.25) is 14.9 Å². The van der Waals surface area contributed by atoms with Gasteiger partial charge in [0, 0.05) is 12.5 Å². The van der Waals surface area contributed by atoms with E-state index < -0.39 is 12.1 Å². The predicted molar refractivity (Wildman–Crippen MR) is 96.8 cm³/mol. The highest BCUT2D eigenvalue weighted by molar-refractivity contribution is 5.86. The van der Waals surface area contributed by atoms with E-state index in [2.05, 4.69) is 10.6 Å². The normalized spacial score (nSPS) is 22.7. The number of ether oxygens (including phenoxy) is 1. The van der Waals surface area contributed by atoms with Crippen LogP contribution in [0.2, 0.25) is 0 Å². The monoisotopic (exact) mass is 342 g/mol. The summed E-state index contributed by atoms with van der Waals surface area (Å²) in [5.41, 5.74) is 1.02. The molecule has 134 valence electrons. The minimum atomic E-state index is -0.544. The first-order chi connectivity index (χ1) is 12.2. The minimum Gasteiger partial charge on any atom is -0.464 e. The van der Waals surface area contributed by atoms with Crippen LogP contribution in [0.15, 0.2) is 36.4 Å². The van der Waals surface area contributed by atoms with Gasteiger partial charge in [0.1, 0.15) is 12.1 Å². The van der Waals surface area contributed by atoms with Crippen LogP contribution in [0.25, 0.3) is 6.08 Å². The number of esters is 1. The Balaban J connectivity index is 1.67. The molecule has 1 aromatic rings. The lowest BCUT2D eigenvalue weighted by Gasteiger charge is -2.25. The SMILES string of the molecule is O=C(NC1CCCCC1)C(/C=C/c1ccccc1)N[C@H]1CCOC1=O. The lowest BCUT2D eigenvalue weighted by molar-refractivity contribution is -0.139. The average molecular weight is 342 g/mol. The smallest absolute Gasteiger partial charge is 0.323 e. The van der Waals surface area contributed by atoms with Crippen LogP contribution < -0.4 is 10.6 Å². The molecular formula is C20H26N2O3. The van der Waals surface area contributed by atoms with Crippen molar-refractivity contribution < 1.29 is 14.3 Å². The highest BCUT2D eigenvalue weighted by Crippen LogP contribution is 2.18. The predicted octanol–water partition coefficient (Wildman–Crippen LogP) is 2.42. The van der Waals surface area contributed by atoms with Crippen LogP contribution in [0.3, 0.4) is 0 Å². The molecular weight excluding hydrogens is 316 g/mol. The van der Waals surface area contributed by atoms with Gasteiger partial charge in [-0.1, -0.05) is 61.7 Å². The molecule has 3 rings (SSSR count). The Kier molecular flexibility index (Phi) is 6.23. The van der Waals surface area contributed by atoms with Gasteiger partial charge in [0.25, 0.3) is 0 Å². The fourth-order valence-corrected chi connectivity index (χ4v) is 3.39. The summed E-state index contributed by atoms with van der Waals surface area (Å²) in [6.07, 6.45) is 9.99. The molecule has 0 spiro atoms. The Morgan fingerprint density at radius 3 is 2.56 bits per heavy atom. The molecule has 5 nitrogen and oxygen atoms in total. The highest BCUT2D eigenvalue weighted by atomic mass is 16.5. The molecule has 2 N–H and O–H groups in total. The quantitative estimate of drug-likeness (QED) is 0.779. The molecule has 1 heterocycles. The van der Waals surface area contributed by atoms with E-state index in [0.717, 1.165) is 31.2 Å². The van der Waals surface area contributed by atoms with Crippen molar-refractivity contribution in [2.24, 2.45) is 0 Å². The Labute approximate surface area is 148 Å². The number of benzene rings is 1. The molecule has 1 aliphatic carbocycles. The molecule has 0 radical (unpaired) electrons. The van der Waals surface area contributed by atoms with Crippen LogP contribution in [0.1, 0.15) is 44.1 Å². The summed E-state index contributed by atoms with van der Waals surface area (Å²) in [5.74, 6) is -0.345. The largest absolute Gasteiger partial charge is 0.464 e. The van der Waals surface area contributed by atoms with Gasteiger partial charge in [0.15, 0.2) is 0 Å². The first kappa shape index (κ1) is 17.7. The van der Waals surface area contributed by atoms with Crippen molar-refractivity contribution in [3.05, 3.63) is 42.0 Å². The molecule has 0 bridgehead atoms. The number of cyclic esters (lactones) is 1. The van der Waals surface area contributed by atoms with E-state index in [1.807, 2.05) is 42.5 Å². The summed E-state index contributed by atoms with van der Waals surface area (Å²) in [5, 5.41) is 6.29. The van der Waals surface area contributed by atoms with Crippen LogP contribution in [0.4, 0.5) is 0 Å². The van der Waals surface area contributed by atoms with Crippen molar-refractivity contribution in [1.29, 1.82) is 0 Å². The summed E-state index contributed by atoms with van der Waals surface area (Å²) in [6, 6.07) is 9.12. The van der Waals surface area contributed by atoms with E-state index >= 15 is 0 Å². The zero-order chi connectivity index (χ0) is 17.5. The van der Waals surface area contributed by atoms with Crippen molar-refractivity contribution >= 4 is 18.0 Å². The Bertz CT molecular complexity index is 609. The molecule has 1 aromatic carbocycles. The summed E-state index contributed by atoms with van der Waals surface area (Å²) < 4.78 is 5.00. The Morgan fingerprint density at radius 1 is 1.12 bits per heavy atom. The van der Waals surface area contributed by atoms with Gasteiger partial charge in [0.05, 0.1) is 6.61 Å².